The third-order valence-corrected chi connectivity index (χ3v) is 3.69. The van der Waals surface area contributed by atoms with Gasteiger partial charge in [0.25, 0.3) is 5.91 Å². The standard InChI is InChI=1S/C15H22N2O/c1-4-13-7-5-6-8-14(13)15(18)17-11(2)9-16-10-12(17)3/h5-8,11-12,16H,4,9-10H2,1-3H3. The van der Waals surface area contributed by atoms with Crippen molar-refractivity contribution in [3.05, 3.63) is 35.4 Å². The number of nitrogens with zero attached hydrogens (tertiary/aromatic N) is 1. The summed E-state index contributed by atoms with van der Waals surface area (Å²) in [6.07, 6.45) is 0.900. The molecule has 1 aromatic rings. The zero-order valence-electron chi connectivity index (χ0n) is 11.4. The topological polar surface area (TPSA) is 32.3 Å². The number of nitrogens with one attached hydrogen (secondary N) is 1. The van der Waals surface area contributed by atoms with E-state index in [4.69, 9.17) is 0 Å². The average molecular weight is 246 g/mol. The van der Waals surface area contributed by atoms with Crippen molar-refractivity contribution in [2.24, 2.45) is 0 Å². The van der Waals surface area contributed by atoms with Crippen molar-refractivity contribution >= 4 is 5.91 Å². The van der Waals surface area contributed by atoms with Crippen LogP contribution in [0.4, 0.5) is 0 Å². The van der Waals surface area contributed by atoms with Crippen LogP contribution in [-0.4, -0.2) is 36.0 Å². The fourth-order valence-corrected chi connectivity index (χ4v) is 2.71. The monoisotopic (exact) mass is 246 g/mol. The minimum atomic E-state index is 0.175. The average Bonchev–Trinajstić information content (AvgIpc) is 2.38. The first kappa shape index (κ1) is 13.1. The summed E-state index contributed by atoms with van der Waals surface area (Å²) in [6.45, 7) is 8.07. The summed E-state index contributed by atoms with van der Waals surface area (Å²) in [5, 5.41) is 3.36. The minimum Gasteiger partial charge on any atom is -0.331 e. The number of benzene rings is 1. The van der Waals surface area contributed by atoms with Crippen LogP contribution in [0.2, 0.25) is 0 Å². The molecule has 2 rings (SSSR count). The van der Waals surface area contributed by atoms with E-state index in [1.165, 1.54) is 0 Å². The van der Waals surface area contributed by atoms with Gasteiger partial charge in [0, 0.05) is 30.7 Å². The fourth-order valence-electron chi connectivity index (χ4n) is 2.71. The lowest BCUT2D eigenvalue weighted by molar-refractivity contribution is 0.0543. The Morgan fingerprint density at radius 3 is 2.50 bits per heavy atom. The number of carbonyl (C=O) groups is 1. The molecule has 0 bridgehead atoms. The molecule has 1 aromatic carbocycles. The van der Waals surface area contributed by atoms with Crippen LogP contribution in [0.15, 0.2) is 24.3 Å². The molecule has 98 valence electrons. The highest BCUT2D eigenvalue weighted by atomic mass is 16.2. The molecule has 1 N–H and O–H groups in total. The quantitative estimate of drug-likeness (QED) is 0.866. The Morgan fingerprint density at radius 2 is 1.89 bits per heavy atom. The predicted octanol–water partition coefficient (Wildman–Crippen LogP) is 2.07. The number of carbonyl (C=O) groups excluding carboxylic acids is 1. The van der Waals surface area contributed by atoms with Gasteiger partial charge in [-0.3, -0.25) is 4.79 Å². The number of rotatable bonds is 2. The Morgan fingerprint density at radius 1 is 1.28 bits per heavy atom. The Balaban J connectivity index is 2.29. The van der Waals surface area contributed by atoms with E-state index in [1.54, 1.807) is 0 Å². The Labute approximate surface area is 109 Å². The zero-order valence-corrected chi connectivity index (χ0v) is 11.4. The second-order valence-corrected chi connectivity index (χ2v) is 5.08. The summed E-state index contributed by atoms with van der Waals surface area (Å²) >= 11 is 0. The highest BCUT2D eigenvalue weighted by molar-refractivity contribution is 5.96. The zero-order chi connectivity index (χ0) is 13.1. The summed E-state index contributed by atoms with van der Waals surface area (Å²) in [4.78, 5) is 14.7. The molecule has 1 heterocycles. The van der Waals surface area contributed by atoms with Gasteiger partial charge in [-0.1, -0.05) is 25.1 Å². The lowest BCUT2D eigenvalue weighted by Gasteiger charge is -2.39. The number of hydrogen-bond acceptors (Lipinski definition) is 2. The molecule has 1 aliphatic heterocycles. The molecular weight excluding hydrogens is 224 g/mol. The number of piperazine rings is 1. The molecule has 2 unspecified atom stereocenters. The van der Waals surface area contributed by atoms with Gasteiger partial charge in [0.2, 0.25) is 0 Å². The van der Waals surface area contributed by atoms with E-state index in [9.17, 15) is 4.79 Å². The van der Waals surface area contributed by atoms with Crippen LogP contribution < -0.4 is 5.32 Å². The Kier molecular flexibility index (Phi) is 4.02. The molecule has 2 atom stereocenters. The lowest BCUT2D eigenvalue weighted by Crippen LogP contribution is -2.57. The van der Waals surface area contributed by atoms with Crippen molar-refractivity contribution in [1.82, 2.24) is 10.2 Å². The third kappa shape index (κ3) is 2.41. The maximum Gasteiger partial charge on any atom is 0.254 e. The fraction of sp³-hybridized carbons (Fsp3) is 0.533. The van der Waals surface area contributed by atoms with Crippen molar-refractivity contribution in [2.45, 2.75) is 39.3 Å². The molecule has 0 aliphatic carbocycles. The molecule has 0 spiro atoms. The second kappa shape index (κ2) is 5.53. The van der Waals surface area contributed by atoms with Crippen LogP contribution in [0.5, 0.6) is 0 Å². The van der Waals surface area contributed by atoms with Crippen LogP contribution >= 0.6 is 0 Å². The van der Waals surface area contributed by atoms with Gasteiger partial charge in [-0.15, -0.1) is 0 Å². The highest BCUT2D eigenvalue weighted by Gasteiger charge is 2.30. The van der Waals surface area contributed by atoms with E-state index in [-0.39, 0.29) is 18.0 Å². The van der Waals surface area contributed by atoms with Crippen molar-refractivity contribution in [3.8, 4) is 0 Å². The van der Waals surface area contributed by atoms with E-state index in [2.05, 4.69) is 26.1 Å². The Bertz CT molecular complexity index is 420. The van der Waals surface area contributed by atoms with E-state index < -0.39 is 0 Å². The molecule has 18 heavy (non-hydrogen) atoms. The van der Waals surface area contributed by atoms with Crippen LogP contribution in [0.1, 0.15) is 36.7 Å². The van der Waals surface area contributed by atoms with E-state index in [0.717, 1.165) is 30.6 Å². The first-order chi connectivity index (χ1) is 8.65. The van der Waals surface area contributed by atoms with Gasteiger partial charge < -0.3 is 10.2 Å². The molecule has 1 aliphatic rings. The van der Waals surface area contributed by atoms with Crippen LogP contribution in [-0.2, 0) is 6.42 Å². The molecule has 1 amide bonds. The molecule has 0 radical (unpaired) electrons. The highest BCUT2D eigenvalue weighted by Crippen LogP contribution is 2.18. The maximum atomic E-state index is 12.7. The predicted molar refractivity (Wildman–Crippen MR) is 73.8 cm³/mol. The molecule has 0 aromatic heterocycles. The van der Waals surface area contributed by atoms with Crippen molar-refractivity contribution < 1.29 is 4.79 Å². The van der Waals surface area contributed by atoms with Crippen LogP contribution in [0.3, 0.4) is 0 Å². The summed E-state index contributed by atoms with van der Waals surface area (Å²) in [6, 6.07) is 8.45. The largest absolute Gasteiger partial charge is 0.331 e. The van der Waals surface area contributed by atoms with Crippen molar-refractivity contribution in [1.29, 1.82) is 0 Å². The van der Waals surface area contributed by atoms with Crippen LogP contribution in [0, 0.1) is 0 Å². The third-order valence-electron chi connectivity index (χ3n) is 3.69. The summed E-state index contributed by atoms with van der Waals surface area (Å²) in [5.41, 5.74) is 2.00. The summed E-state index contributed by atoms with van der Waals surface area (Å²) in [7, 11) is 0. The molecular formula is C15H22N2O. The van der Waals surface area contributed by atoms with Gasteiger partial charge >= 0.3 is 0 Å². The first-order valence-electron chi connectivity index (χ1n) is 6.76. The van der Waals surface area contributed by atoms with E-state index in [0.29, 0.717) is 0 Å². The smallest absolute Gasteiger partial charge is 0.254 e. The molecule has 1 saturated heterocycles. The normalized spacial score (nSPS) is 24.1. The lowest BCUT2D eigenvalue weighted by atomic mass is 10.0. The van der Waals surface area contributed by atoms with Gasteiger partial charge in [0.05, 0.1) is 0 Å². The molecule has 0 saturated carbocycles. The summed E-state index contributed by atoms with van der Waals surface area (Å²) in [5.74, 6) is 0.175. The minimum absolute atomic E-state index is 0.175. The van der Waals surface area contributed by atoms with Gasteiger partial charge in [-0.25, -0.2) is 0 Å². The van der Waals surface area contributed by atoms with Gasteiger partial charge in [0.1, 0.15) is 0 Å². The van der Waals surface area contributed by atoms with Crippen molar-refractivity contribution in [3.63, 3.8) is 0 Å². The molecule has 3 nitrogen and oxygen atoms in total. The Hall–Kier alpha value is -1.35. The number of aryl methyl sites for hydroxylation is 1. The molecule has 1 fully saturated rings. The van der Waals surface area contributed by atoms with E-state index in [1.807, 2.05) is 29.2 Å². The number of amides is 1. The van der Waals surface area contributed by atoms with Gasteiger partial charge in [-0.2, -0.15) is 0 Å². The number of hydrogen-bond donors (Lipinski definition) is 1. The SMILES string of the molecule is CCc1ccccc1C(=O)N1C(C)CNCC1C. The maximum absolute atomic E-state index is 12.7. The van der Waals surface area contributed by atoms with Crippen molar-refractivity contribution in [2.75, 3.05) is 13.1 Å². The first-order valence-corrected chi connectivity index (χ1v) is 6.76. The second-order valence-electron chi connectivity index (χ2n) is 5.08. The van der Waals surface area contributed by atoms with Crippen LogP contribution in [0.25, 0.3) is 0 Å². The van der Waals surface area contributed by atoms with E-state index >= 15 is 0 Å². The van der Waals surface area contributed by atoms with Gasteiger partial charge in [0.15, 0.2) is 0 Å². The van der Waals surface area contributed by atoms with Gasteiger partial charge in [-0.05, 0) is 31.9 Å². The summed E-state index contributed by atoms with van der Waals surface area (Å²) < 4.78 is 0. The molecule has 3 heteroatoms.